The third-order valence-electron chi connectivity index (χ3n) is 3.03. The summed E-state index contributed by atoms with van der Waals surface area (Å²) in [5.41, 5.74) is 5.35. The molecule has 0 aliphatic carbocycles. The first kappa shape index (κ1) is 10.7. The third-order valence-corrected chi connectivity index (χ3v) is 3.03. The maximum atomic E-state index is 9.85. The van der Waals surface area contributed by atoms with Crippen molar-refractivity contribution in [2.24, 2.45) is 0 Å². The summed E-state index contributed by atoms with van der Waals surface area (Å²) >= 11 is 0. The van der Waals surface area contributed by atoms with Gasteiger partial charge in [0.1, 0.15) is 5.75 Å². The van der Waals surface area contributed by atoms with Gasteiger partial charge in [0.15, 0.2) is 0 Å². The van der Waals surface area contributed by atoms with Crippen LogP contribution in [0.15, 0.2) is 30.6 Å². The lowest BCUT2D eigenvalue weighted by molar-refractivity contribution is 0.471. The van der Waals surface area contributed by atoms with Crippen LogP contribution in [0.5, 0.6) is 5.75 Å². The van der Waals surface area contributed by atoms with E-state index in [2.05, 4.69) is 11.9 Å². The third kappa shape index (κ3) is 1.67. The van der Waals surface area contributed by atoms with Crippen molar-refractivity contribution in [2.45, 2.75) is 20.8 Å². The van der Waals surface area contributed by atoms with Crippen LogP contribution in [0.25, 0.3) is 11.1 Å². The van der Waals surface area contributed by atoms with Crippen molar-refractivity contribution in [3.8, 4) is 16.9 Å². The van der Waals surface area contributed by atoms with Crippen molar-refractivity contribution in [1.29, 1.82) is 0 Å². The average molecular weight is 213 g/mol. The minimum Gasteiger partial charge on any atom is -0.508 e. The van der Waals surface area contributed by atoms with Crippen LogP contribution < -0.4 is 0 Å². The summed E-state index contributed by atoms with van der Waals surface area (Å²) in [4.78, 5) is 4.12. The molecule has 82 valence electrons. The lowest BCUT2D eigenvalue weighted by Gasteiger charge is -2.13. The van der Waals surface area contributed by atoms with Gasteiger partial charge in [0.2, 0.25) is 0 Å². The van der Waals surface area contributed by atoms with E-state index >= 15 is 0 Å². The fourth-order valence-electron chi connectivity index (χ4n) is 1.97. The summed E-state index contributed by atoms with van der Waals surface area (Å²) in [6, 6.07) is 5.74. The zero-order valence-electron chi connectivity index (χ0n) is 9.78. The number of pyridine rings is 1. The summed E-state index contributed by atoms with van der Waals surface area (Å²) < 4.78 is 0. The van der Waals surface area contributed by atoms with Gasteiger partial charge in [0.25, 0.3) is 0 Å². The Balaban J connectivity index is 2.74. The molecule has 0 amide bonds. The summed E-state index contributed by atoms with van der Waals surface area (Å²) in [5.74, 6) is 0.349. The SMILES string of the molecule is Cc1cc(O)c(C)c(-c2cccnc2)c1C. The zero-order valence-corrected chi connectivity index (χ0v) is 9.78. The predicted octanol–water partition coefficient (Wildman–Crippen LogP) is 3.38. The monoisotopic (exact) mass is 213 g/mol. The van der Waals surface area contributed by atoms with Crippen molar-refractivity contribution < 1.29 is 5.11 Å². The van der Waals surface area contributed by atoms with E-state index in [4.69, 9.17) is 0 Å². The summed E-state index contributed by atoms with van der Waals surface area (Å²) in [5, 5.41) is 9.85. The number of benzene rings is 1. The van der Waals surface area contributed by atoms with E-state index < -0.39 is 0 Å². The molecule has 0 spiro atoms. The van der Waals surface area contributed by atoms with Gasteiger partial charge in [0, 0.05) is 18.0 Å². The second-order valence-electron chi connectivity index (χ2n) is 4.08. The number of phenols is 1. The van der Waals surface area contributed by atoms with Crippen LogP contribution in [0, 0.1) is 20.8 Å². The molecule has 2 heteroatoms. The molecule has 0 atom stereocenters. The molecule has 0 aliphatic heterocycles. The highest BCUT2D eigenvalue weighted by molar-refractivity contribution is 5.73. The van der Waals surface area contributed by atoms with Gasteiger partial charge >= 0.3 is 0 Å². The van der Waals surface area contributed by atoms with Crippen LogP contribution in [-0.2, 0) is 0 Å². The Kier molecular flexibility index (Phi) is 2.65. The molecule has 0 saturated carbocycles. The molecule has 0 unspecified atom stereocenters. The summed E-state index contributed by atoms with van der Waals surface area (Å²) in [7, 11) is 0. The molecule has 2 nitrogen and oxygen atoms in total. The highest BCUT2D eigenvalue weighted by Crippen LogP contribution is 2.34. The molecule has 1 aromatic heterocycles. The van der Waals surface area contributed by atoms with Crippen LogP contribution >= 0.6 is 0 Å². The number of hydrogen-bond donors (Lipinski definition) is 1. The Bertz CT molecular complexity index is 492. The first-order valence-corrected chi connectivity index (χ1v) is 5.31. The number of hydrogen-bond acceptors (Lipinski definition) is 2. The predicted molar refractivity (Wildman–Crippen MR) is 65.5 cm³/mol. The van der Waals surface area contributed by atoms with Crippen molar-refractivity contribution in [1.82, 2.24) is 4.98 Å². The van der Waals surface area contributed by atoms with Gasteiger partial charge in [-0.1, -0.05) is 6.07 Å². The molecule has 2 aromatic rings. The number of aromatic hydroxyl groups is 1. The van der Waals surface area contributed by atoms with E-state index in [1.54, 1.807) is 6.20 Å². The van der Waals surface area contributed by atoms with E-state index in [9.17, 15) is 5.11 Å². The topological polar surface area (TPSA) is 33.1 Å². The Hall–Kier alpha value is -1.83. The van der Waals surface area contributed by atoms with E-state index in [0.29, 0.717) is 5.75 Å². The molecule has 2 rings (SSSR count). The van der Waals surface area contributed by atoms with Gasteiger partial charge in [0.05, 0.1) is 0 Å². The van der Waals surface area contributed by atoms with E-state index in [1.807, 2.05) is 38.2 Å². The fourth-order valence-corrected chi connectivity index (χ4v) is 1.97. The second kappa shape index (κ2) is 3.97. The van der Waals surface area contributed by atoms with Crippen LogP contribution in [0.3, 0.4) is 0 Å². The standard InChI is InChI=1S/C14H15NO/c1-9-7-13(16)11(3)14(10(9)2)12-5-4-6-15-8-12/h4-8,16H,1-3H3. The average Bonchev–Trinajstić information content (AvgIpc) is 2.28. The molecular weight excluding hydrogens is 198 g/mol. The van der Waals surface area contributed by atoms with Gasteiger partial charge < -0.3 is 5.11 Å². The van der Waals surface area contributed by atoms with Gasteiger partial charge in [-0.3, -0.25) is 4.98 Å². The second-order valence-corrected chi connectivity index (χ2v) is 4.08. The van der Waals surface area contributed by atoms with Crippen LogP contribution in [0.1, 0.15) is 16.7 Å². The number of aryl methyl sites for hydroxylation is 1. The zero-order chi connectivity index (χ0) is 11.7. The van der Waals surface area contributed by atoms with E-state index in [-0.39, 0.29) is 0 Å². The maximum absolute atomic E-state index is 9.85. The van der Waals surface area contributed by atoms with Crippen LogP contribution in [0.2, 0.25) is 0 Å². The number of aromatic nitrogens is 1. The number of nitrogens with zero attached hydrogens (tertiary/aromatic N) is 1. The lowest BCUT2D eigenvalue weighted by atomic mass is 9.93. The van der Waals surface area contributed by atoms with Gasteiger partial charge in [-0.15, -0.1) is 0 Å². The number of rotatable bonds is 1. The normalized spacial score (nSPS) is 10.4. The van der Waals surface area contributed by atoms with E-state index in [0.717, 1.165) is 22.3 Å². The first-order valence-electron chi connectivity index (χ1n) is 5.31. The highest BCUT2D eigenvalue weighted by Gasteiger charge is 2.11. The molecule has 1 N–H and O–H groups in total. The molecule has 1 heterocycles. The van der Waals surface area contributed by atoms with Crippen molar-refractivity contribution in [3.63, 3.8) is 0 Å². The molecule has 0 fully saturated rings. The van der Waals surface area contributed by atoms with Crippen molar-refractivity contribution >= 4 is 0 Å². The van der Waals surface area contributed by atoms with Crippen LogP contribution in [-0.4, -0.2) is 10.1 Å². The molecule has 16 heavy (non-hydrogen) atoms. The minimum atomic E-state index is 0.349. The lowest BCUT2D eigenvalue weighted by Crippen LogP contribution is -1.92. The smallest absolute Gasteiger partial charge is 0.119 e. The Morgan fingerprint density at radius 2 is 1.88 bits per heavy atom. The quantitative estimate of drug-likeness (QED) is 0.787. The van der Waals surface area contributed by atoms with E-state index in [1.165, 1.54) is 5.56 Å². The fraction of sp³-hybridized carbons (Fsp3) is 0.214. The van der Waals surface area contributed by atoms with Crippen LogP contribution in [0.4, 0.5) is 0 Å². The highest BCUT2D eigenvalue weighted by atomic mass is 16.3. The summed E-state index contributed by atoms with van der Waals surface area (Å²) in [6.07, 6.45) is 3.58. The Labute approximate surface area is 95.6 Å². The summed E-state index contributed by atoms with van der Waals surface area (Å²) in [6.45, 7) is 6.02. The van der Waals surface area contributed by atoms with Crippen molar-refractivity contribution in [2.75, 3.05) is 0 Å². The molecule has 0 saturated heterocycles. The molecular formula is C14H15NO. The molecule has 0 bridgehead atoms. The van der Waals surface area contributed by atoms with Crippen molar-refractivity contribution in [3.05, 3.63) is 47.3 Å². The first-order chi connectivity index (χ1) is 7.61. The minimum absolute atomic E-state index is 0.349. The Morgan fingerprint density at radius 1 is 1.12 bits per heavy atom. The van der Waals surface area contributed by atoms with Gasteiger partial charge in [-0.25, -0.2) is 0 Å². The van der Waals surface area contributed by atoms with Gasteiger partial charge in [-0.2, -0.15) is 0 Å². The molecule has 0 radical (unpaired) electrons. The van der Waals surface area contributed by atoms with Gasteiger partial charge in [-0.05, 0) is 55.2 Å². The largest absolute Gasteiger partial charge is 0.508 e. The molecule has 1 aromatic carbocycles. The maximum Gasteiger partial charge on any atom is 0.119 e. The number of phenolic OH excluding ortho intramolecular Hbond substituents is 1. The Morgan fingerprint density at radius 3 is 2.50 bits per heavy atom. The molecule has 0 aliphatic rings.